The number of pyridine rings is 1. The molecule has 4 atom stereocenters. The van der Waals surface area contributed by atoms with Gasteiger partial charge in [0.05, 0.1) is 36.0 Å². The van der Waals surface area contributed by atoms with E-state index in [9.17, 15) is 27.9 Å². The van der Waals surface area contributed by atoms with Crippen LogP contribution in [0.15, 0.2) is 67.0 Å². The Labute approximate surface area is 285 Å². The summed E-state index contributed by atoms with van der Waals surface area (Å²) in [5, 5.41) is 15.4. The van der Waals surface area contributed by atoms with Crippen LogP contribution in [-0.4, -0.2) is 83.4 Å². The minimum absolute atomic E-state index is 0.111. The molecule has 0 radical (unpaired) electrons. The molecule has 0 saturated heterocycles. The van der Waals surface area contributed by atoms with Crippen molar-refractivity contribution >= 4 is 23.3 Å². The van der Waals surface area contributed by atoms with Gasteiger partial charge in [-0.2, -0.15) is 13.2 Å². The van der Waals surface area contributed by atoms with Crippen LogP contribution in [0.25, 0.3) is 0 Å². The quantitative estimate of drug-likeness (QED) is 0.243. The number of amides is 3. The molecular weight excluding hydrogens is 639 g/mol. The summed E-state index contributed by atoms with van der Waals surface area (Å²) in [5.41, 5.74) is 0.939. The van der Waals surface area contributed by atoms with E-state index < -0.39 is 23.8 Å². The Hall–Kier alpha value is -4.20. The highest BCUT2D eigenvalue weighted by atomic mass is 19.4. The highest BCUT2D eigenvalue weighted by Crippen LogP contribution is 2.31. The fourth-order valence-corrected chi connectivity index (χ4v) is 5.67. The van der Waals surface area contributed by atoms with Crippen LogP contribution in [0.3, 0.4) is 0 Å². The predicted molar refractivity (Wildman–Crippen MR) is 182 cm³/mol. The third-order valence-corrected chi connectivity index (χ3v) is 8.47. The van der Waals surface area contributed by atoms with Crippen molar-refractivity contribution in [2.45, 2.75) is 71.0 Å². The molecule has 0 unspecified atom stereocenters. The van der Waals surface area contributed by atoms with Gasteiger partial charge < -0.3 is 30.1 Å². The number of urea groups is 1. The molecule has 1 aliphatic heterocycles. The molecule has 4 rings (SSSR count). The van der Waals surface area contributed by atoms with Gasteiger partial charge in [-0.15, -0.1) is 0 Å². The Kier molecular flexibility index (Phi) is 13.4. The molecule has 10 nitrogen and oxygen atoms in total. The van der Waals surface area contributed by atoms with E-state index in [1.54, 1.807) is 36.4 Å². The molecule has 13 heteroatoms. The maximum atomic E-state index is 14.3. The number of halogens is 3. The molecule has 266 valence electrons. The third-order valence-electron chi connectivity index (χ3n) is 8.47. The minimum Gasteiger partial charge on any atom is -0.490 e. The Balaban J connectivity index is 1.57. The van der Waals surface area contributed by atoms with Gasteiger partial charge in [-0.05, 0) is 100 Å². The molecule has 0 spiro atoms. The summed E-state index contributed by atoms with van der Waals surface area (Å²) >= 11 is 0. The van der Waals surface area contributed by atoms with Gasteiger partial charge in [0.2, 0.25) is 0 Å². The molecule has 2 aromatic carbocycles. The summed E-state index contributed by atoms with van der Waals surface area (Å²) in [7, 11) is 2.03. The fraction of sp³-hybridized carbons (Fsp3) is 0.472. The fourth-order valence-electron chi connectivity index (χ4n) is 5.67. The number of aromatic nitrogens is 1. The first-order chi connectivity index (χ1) is 23.3. The molecule has 1 aromatic heterocycles. The molecule has 0 aliphatic carbocycles. The third kappa shape index (κ3) is 11.2. The number of rotatable bonds is 8. The smallest absolute Gasteiger partial charge is 0.416 e. The predicted octanol–water partition coefficient (Wildman–Crippen LogP) is 6.67. The van der Waals surface area contributed by atoms with Gasteiger partial charge in [0.25, 0.3) is 5.91 Å². The zero-order valence-electron chi connectivity index (χ0n) is 28.4. The molecule has 0 bridgehead atoms. The van der Waals surface area contributed by atoms with E-state index in [2.05, 4.69) is 20.5 Å². The summed E-state index contributed by atoms with van der Waals surface area (Å²) in [6, 6.07) is 11.5. The maximum Gasteiger partial charge on any atom is 0.416 e. The van der Waals surface area contributed by atoms with Gasteiger partial charge in [-0.25, -0.2) is 4.79 Å². The standard InChI is InChI=1S/C36H46F3N5O5/c1-24-20-44(25(2)23-45)34(46)31-19-30(42-35(47)41-29-10-8-28(9-11-29)36(37,38)39)12-13-32(31)49-26(3)7-5-6-18-48-33(24)22-43(4)21-27-14-16-40-17-15-27/h8-17,19,24-26,33,45H,5-7,18,20-23H2,1-4H3,(H2,41,42,47)/t24-,25+,26-,33+/m0/s1. The summed E-state index contributed by atoms with van der Waals surface area (Å²) in [6.45, 7) is 7.63. The number of aliphatic hydroxyl groups excluding tert-OH is 1. The zero-order valence-corrected chi connectivity index (χ0v) is 28.4. The average Bonchev–Trinajstić information content (AvgIpc) is 3.06. The highest BCUT2D eigenvalue weighted by molar-refractivity contribution is 6.02. The summed E-state index contributed by atoms with van der Waals surface area (Å²) in [4.78, 5) is 35.0. The molecular formula is C36H46F3N5O5. The van der Waals surface area contributed by atoms with Crippen molar-refractivity contribution in [1.29, 1.82) is 0 Å². The number of aliphatic hydroxyl groups is 1. The van der Waals surface area contributed by atoms with Crippen molar-refractivity contribution in [2.24, 2.45) is 5.92 Å². The molecule has 3 aromatic rings. The molecule has 0 fully saturated rings. The molecule has 0 saturated carbocycles. The Morgan fingerprint density at radius 2 is 1.73 bits per heavy atom. The zero-order chi connectivity index (χ0) is 35.6. The molecule has 3 amide bonds. The minimum atomic E-state index is -4.49. The maximum absolute atomic E-state index is 14.3. The Bertz CT molecular complexity index is 1510. The lowest BCUT2D eigenvalue weighted by molar-refractivity contribution is -0.137. The van der Waals surface area contributed by atoms with Gasteiger partial charge in [0, 0.05) is 55.9 Å². The first kappa shape index (κ1) is 37.6. The monoisotopic (exact) mass is 685 g/mol. The lowest BCUT2D eigenvalue weighted by atomic mass is 10.0. The van der Waals surface area contributed by atoms with Crippen LogP contribution in [0.1, 0.15) is 61.5 Å². The Morgan fingerprint density at radius 1 is 1.06 bits per heavy atom. The molecule has 1 aliphatic rings. The number of hydrogen-bond donors (Lipinski definition) is 3. The van der Waals surface area contributed by atoms with E-state index in [-0.39, 0.29) is 54.1 Å². The van der Waals surface area contributed by atoms with E-state index in [1.807, 2.05) is 33.0 Å². The van der Waals surface area contributed by atoms with E-state index in [4.69, 9.17) is 9.47 Å². The van der Waals surface area contributed by atoms with Gasteiger partial charge in [0.1, 0.15) is 5.75 Å². The number of fused-ring (bicyclic) bond motifs is 1. The van der Waals surface area contributed by atoms with Crippen LogP contribution < -0.4 is 15.4 Å². The Morgan fingerprint density at radius 3 is 2.41 bits per heavy atom. The van der Waals surface area contributed by atoms with Crippen molar-refractivity contribution in [3.8, 4) is 5.75 Å². The van der Waals surface area contributed by atoms with Crippen molar-refractivity contribution in [3.63, 3.8) is 0 Å². The lowest BCUT2D eigenvalue weighted by Crippen LogP contribution is -2.47. The average molecular weight is 686 g/mol. The number of ether oxygens (including phenoxy) is 2. The number of hydrogen-bond acceptors (Lipinski definition) is 7. The normalized spacial score (nSPS) is 20.1. The van der Waals surface area contributed by atoms with Crippen LogP contribution >= 0.6 is 0 Å². The van der Waals surface area contributed by atoms with Crippen LogP contribution in [-0.2, 0) is 17.5 Å². The number of alkyl halides is 3. The largest absolute Gasteiger partial charge is 0.490 e. The van der Waals surface area contributed by atoms with Crippen molar-refractivity contribution in [1.82, 2.24) is 14.8 Å². The highest BCUT2D eigenvalue weighted by Gasteiger charge is 2.31. The summed E-state index contributed by atoms with van der Waals surface area (Å²) in [5.74, 6) is -0.154. The van der Waals surface area contributed by atoms with Crippen molar-refractivity contribution in [3.05, 3.63) is 83.7 Å². The molecule has 49 heavy (non-hydrogen) atoms. The van der Waals surface area contributed by atoms with Gasteiger partial charge >= 0.3 is 12.2 Å². The second-order valence-electron chi connectivity index (χ2n) is 12.7. The van der Waals surface area contributed by atoms with Crippen LogP contribution in [0.5, 0.6) is 5.75 Å². The first-order valence-corrected chi connectivity index (χ1v) is 16.5. The number of nitrogens with one attached hydrogen (secondary N) is 2. The number of benzene rings is 2. The van der Waals surface area contributed by atoms with E-state index in [0.29, 0.717) is 25.4 Å². The number of anilines is 2. The summed E-state index contributed by atoms with van der Waals surface area (Å²) < 4.78 is 51.5. The molecule has 3 N–H and O–H groups in total. The second kappa shape index (κ2) is 17.5. The first-order valence-electron chi connectivity index (χ1n) is 16.5. The van der Waals surface area contributed by atoms with Crippen molar-refractivity contribution < 1.29 is 37.3 Å². The van der Waals surface area contributed by atoms with E-state index >= 15 is 0 Å². The van der Waals surface area contributed by atoms with Crippen LogP contribution in [0, 0.1) is 5.92 Å². The van der Waals surface area contributed by atoms with Gasteiger partial charge in [-0.1, -0.05) is 6.92 Å². The molecule has 2 heterocycles. The van der Waals surface area contributed by atoms with Crippen LogP contribution in [0.2, 0.25) is 0 Å². The van der Waals surface area contributed by atoms with E-state index in [0.717, 1.165) is 49.1 Å². The van der Waals surface area contributed by atoms with Crippen LogP contribution in [0.4, 0.5) is 29.3 Å². The number of nitrogens with zero attached hydrogens (tertiary/aromatic N) is 3. The van der Waals surface area contributed by atoms with Crippen molar-refractivity contribution in [2.75, 3.05) is 44.0 Å². The van der Waals surface area contributed by atoms with Gasteiger partial charge in [-0.3, -0.25) is 14.7 Å². The SMILES string of the molecule is C[C@H](CO)N1C[C@H](C)[C@@H](CN(C)Cc2ccncc2)OCCCC[C@H](C)Oc2ccc(NC(=O)Nc3ccc(C(F)(F)F)cc3)cc2C1=O. The number of carbonyl (C=O) groups excluding carboxylic acids is 2. The van der Waals surface area contributed by atoms with E-state index in [1.165, 1.54) is 6.07 Å². The number of carbonyl (C=O) groups is 2. The lowest BCUT2D eigenvalue weighted by Gasteiger charge is -2.36. The second-order valence-corrected chi connectivity index (χ2v) is 12.7. The van der Waals surface area contributed by atoms with Gasteiger partial charge in [0.15, 0.2) is 0 Å². The topological polar surface area (TPSA) is 116 Å². The summed E-state index contributed by atoms with van der Waals surface area (Å²) in [6.07, 6.45) is 1.03. The number of likely N-dealkylation sites (N-methyl/N-ethyl adjacent to an activating group) is 1.